The van der Waals surface area contributed by atoms with E-state index in [2.05, 4.69) is 51.0 Å². The Kier molecular flexibility index (Phi) is 9.24. The molecule has 3 aliphatic heterocycles. The Bertz CT molecular complexity index is 1240. The molecular formula is C30H45N9OS. The van der Waals surface area contributed by atoms with Crippen LogP contribution in [-0.4, -0.2) is 85.4 Å². The molecule has 5 rings (SSSR count). The molecule has 0 spiro atoms. The maximum absolute atomic E-state index is 13.8. The lowest BCUT2D eigenvalue weighted by atomic mass is 9.69. The number of carbonyl (C=O) groups excluding carboxylic acids is 1. The van der Waals surface area contributed by atoms with Gasteiger partial charge in [0.25, 0.3) is 5.91 Å². The number of thioether (sulfide) groups is 1. The number of carbonyl (C=O) groups is 1. The van der Waals surface area contributed by atoms with Crippen molar-refractivity contribution in [1.29, 1.82) is 5.26 Å². The number of nitrogens with one attached hydrogen (secondary N) is 1. The van der Waals surface area contributed by atoms with E-state index in [1.165, 1.54) is 11.8 Å². The number of hydrogen-bond acceptors (Lipinski definition) is 9. The van der Waals surface area contributed by atoms with E-state index in [-0.39, 0.29) is 17.1 Å². The van der Waals surface area contributed by atoms with Crippen LogP contribution in [0.2, 0.25) is 0 Å². The molecular weight excluding hydrogens is 534 g/mol. The van der Waals surface area contributed by atoms with Crippen molar-refractivity contribution < 1.29 is 4.79 Å². The molecule has 4 heterocycles. The SMILES string of the molecule is CCCN(CC)C1CCN(c2cc(N3CCNCC3)cc(C(N)=NC(=O)C3(C)CCCC4=C3C(C#N)C(N)S4)n2)C1. The number of piperazine rings is 1. The number of pyridine rings is 1. The first-order chi connectivity index (χ1) is 19.8. The summed E-state index contributed by atoms with van der Waals surface area (Å²) in [5, 5.41) is 12.9. The predicted molar refractivity (Wildman–Crippen MR) is 167 cm³/mol. The summed E-state index contributed by atoms with van der Waals surface area (Å²) in [6.07, 6.45) is 4.59. The number of nitrogens with zero attached hydrogens (tertiary/aromatic N) is 6. The Hall–Kier alpha value is -2.65. The summed E-state index contributed by atoms with van der Waals surface area (Å²) in [5.74, 6) is 0.211. The largest absolute Gasteiger partial charge is 0.382 e. The molecule has 2 fully saturated rings. The monoisotopic (exact) mass is 579 g/mol. The van der Waals surface area contributed by atoms with Gasteiger partial charge in [-0.1, -0.05) is 13.8 Å². The molecule has 0 radical (unpaired) electrons. The minimum Gasteiger partial charge on any atom is -0.382 e. The fraction of sp³-hybridized carbons (Fsp3) is 0.667. The first kappa shape index (κ1) is 29.8. The molecule has 1 amide bonds. The Balaban J connectivity index is 1.45. The number of likely N-dealkylation sites (N-methyl/N-ethyl adjacent to an activating group) is 1. The summed E-state index contributed by atoms with van der Waals surface area (Å²) in [5.41, 5.74) is 14.4. The predicted octanol–water partition coefficient (Wildman–Crippen LogP) is 2.65. The molecule has 1 aromatic rings. The molecule has 4 unspecified atom stereocenters. The maximum atomic E-state index is 13.8. The lowest BCUT2D eigenvalue weighted by Gasteiger charge is -2.34. The highest BCUT2D eigenvalue weighted by Gasteiger charge is 2.49. The summed E-state index contributed by atoms with van der Waals surface area (Å²) in [4.78, 5) is 31.6. The zero-order valence-corrected chi connectivity index (χ0v) is 25.6. The van der Waals surface area contributed by atoms with E-state index >= 15 is 0 Å². The highest BCUT2D eigenvalue weighted by molar-refractivity contribution is 8.03. The minimum absolute atomic E-state index is 0.127. The van der Waals surface area contributed by atoms with E-state index in [4.69, 9.17) is 16.5 Å². The number of aromatic nitrogens is 1. The molecule has 4 atom stereocenters. The van der Waals surface area contributed by atoms with Crippen LogP contribution < -0.4 is 26.6 Å². The zero-order chi connectivity index (χ0) is 29.1. The highest BCUT2D eigenvalue weighted by Crippen LogP contribution is 2.55. The summed E-state index contributed by atoms with van der Waals surface area (Å²) < 4.78 is 0. The molecule has 10 nitrogen and oxygen atoms in total. The molecule has 0 aromatic carbocycles. The number of rotatable bonds is 8. The quantitative estimate of drug-likeness (QED) is 0.311. The number of aliphatic imine (C=N–C) groups is 1. The van der Waals surface area contributed by atoms with Crippen molar-refractivity contribution in [3.63, 3.8) is 0 Å². The van der Waals surface area contributed by atoms with Crippen LogP contribution in [0.25, 0.3) is 0 Å². The lowest BCUT2D eigenvalue weighted by Crippen LogP contribution is -2.43. The van der Waals surface area contributed by atoms with Crippen molar-refractivity contribution in [2.24, 2.45) is 27.8 Å². The van der Waals surface area contributed by atoms with Crippen LogP contribution >= 0.6 is 11.8 Å². The minimum atomic E-state index is -0.885. The van der Waals surface area contributed by atoms with Crippen LogP contribution in [-0.2, 0) is 4.79 Å². The molecule has 0 saturated carbocycles. The van der Waals surface area contributed by atoms with Gasteiger partial charge in [0.05, 0.1) is 22.8 Å². The summed E-state index contributed by atoms with van der Waals surface area (Å²) in [6, 6.07) is 6.98. The van der Waals surface area contributed by atoms with Crippen molar-refractivity contribution in [3.05, 3.63) is 28.3 Å². The lowest BCUT2D eigenvalue weighted by molar-refractivity contribution is -0.125. The average molecular weight is 580 g/mol. The van der Waals surface area contributed by atoms with Gasteiger partial charge >= 0.3 is 0 Å². The number of allylic oxidation sites excluding steroid dienone is 1. The number of nitrogens with two attached hydrogens (primary N) is 2. The third-order valence-electron chi connectivity index (χ3n) is 9.19. The summed E-state index contributed by atoms with van der Waals surface area (Å²) >= 11 is 1.53. The zero-order valence-electron chi connectivity index (χ0n) is 24.7. The van der Waals surface area contributed by atoms with Gasteiger partial charge in [-0.3, -0.25) is 9.69 Å². The van der Waals surface area contributed by atoms with Gasteiger partial charge in [-0.25, -0.2) is 4.98 Å². The van der Waals surface area contributed by atoms with Crippen LogP contribution in [0.3, 0.4) is 0 Å². The molecule has 222 valence electrons. The summed E-state index contributed by atoms with van der Waals surface area (Å²) in [6.45, 7) is 14.0. The number of hydrogen-bond donors (Lipinski definition) is 3. The molecule has 11 heteroatoms. The molecule has 4 aliphatic rings. The van der Waals surface area contributed by atoms with Gasteiger partial charge in [0.15, 0.2) is 5.84 Å². The third kappa shape index (κ3) is 5.98. The first-order valence-electron chi connectivity index (χ1n) is 15.2. The van der Waals surface area contributed by atoms with Crippen LogP contribution in [0.1, 0.15) is 58.6 Å². The van der Waals surface area contributed by atoms with Gasteiger partial charge in [0.1, 0.15) is 11.5 Å². The smallest absolute Gasteiger partial charge is 0.257 e. The standard InChI is InChI=1S/C30H45N9OS/c1-4-12-37(5-2)20-8-13-39(19-20)25-17-21(38-14-10-34-11-15-38)16-23(35-25)27(32)36-29(40)30(3)9-6-7-24-26(30)22(18-31)28(33)41-24/h16-17,20,22,28,34H,4-15,19,33H2,1-3H3,(H2,32,36,40). The average Bonchev–Trinajstić information content (AvgIpc) is 3.61. The second-order valence-corrected chi connectivity index (χ2v) is 13.1. The first-order valence-corrected chi connectivity index (χ1v) is 16.1. The van der Waals surface area contributed by atoms with Crippen molar-refractivity contribution in [1.82, 2.24) is 15.2 Å². The fourth-order valence-corrected chi connectivity index (χ4v) is 8.30. The number of anilines is 2. The van der Waals surface area contributed by atoms with Gasteiger partial charge in [-0.2, -0.15) is 10.3 Å². The van der Waals surface area contributed by atoms with Crippen LogP contribution in [0.4, 0.5) is 11.5 Å². The molecule has 1 aliphatic carbocycles. The molecule has 0 bridgehead atoms. The second kappa shape index (κ2) is 12.7. The van der Waals surface area contributed by atoms with Gasteiger partial charge < -0.3 is 26.6 Å². The van der Waals surface area contributed by atoms with Gasteiger partial charge in [0.2, 0.25) is 0 Å². The van der Waals surface area contributed by atoms with Crippen molar-refractivity contribution in [2.45, 2.75) is 64.3 Å². The van der Waals surface area contributed by atoms with E-state index in [1.807, 2.05) is 13.0 Å². The Labute approximate surface area is 248 Å². The normalized spacial score (nSPS) is 28.8. The molecule has 2 saturated heterocycles. The van der Waals surface area contributed by atoms with Crippen LogP contribution in [0.15, 0.2) is 27.6 Å². The Morgan fingerprint density at radius 2 is 2.07 bits per heavy atom. The molecule has 1 aromatic heterocycles. The van der Waals surface area contributed by atoms with Crippen molar-refractivity contribution in [2.75, 3.05) is 62.2 Å². The van der Waals surface area contributed by atoms with Gasteiger partial charge in [-0.15, -0.1) is 11.8 Å². The van der Waals surface area contributed by atoms with Crippen LogP contribution in [0, 0.1) is 22.7 Å². The number of amides is 1. The summed E-state index contributed by atoms with van der Waals surface area (Å²) in [7, 11) is 0. The van der Waals surface area contributed by atoms with E-state index < -0.39 is 11.3 Å². The van der Waals surface area contributed by atoms with E-state index in [0.717, 1.165) is 100 Å². The second-order valence-electron chi connectivity index (χ2n) is 11.8. The van der Waals surface area contributed by atoms with Crippen molar-refractivity contribution >= 4 is 35.0 Å². The van der Waals surface area contributed by atoms with Gasteiger partial charge in [-0.05, 0) is 68.7 Å². The fourth-order valence-electron chi connectivity index (χ4n) is 6.90. The highest BCUT2D eigenvalue weighted by atomic mass is 32.2. The molecule has 5 N–H and O–H groups in total. The van der Waals surface area contributed by atoms with Gasteiger partial charge in [0, 0.05) is 57.1 Å². The number of nitriles is 1. The Morgan fingerprint density at radius 3 is 2.78 bits per heavy atom. The topological polar surface area (TPSA) is 140 Å². The Morgan fingerprint density at radius 1 is 1.29 bits per heavy atom. The van der Waals surface area contributed by atoms with E-state index in [1.54, 1.807) is 0 Å². The van der Waals surface area contributed by atoms with E-state index in [9.17, 15) is 10.1 Å². The van der Waals surface area contributed by atoms with Crippen molar-refractivity contribution in [3.8, 4) is 6.07 Å². The maximum Gasteiger partial charge on any atom is 0.257 e. The number of amidine groups is 1. The molecule has 41 heavy (non-hydrogen) atoms. The van der Waals surface area contributed by atoms with E-state index in [0.29, 0.717) is 18.2 Å². The third-order valence-corrected chi connectivity index (χ3v) is 10.4. The van der Waals surface area contributed by atoms with Crippen LogP contribution in [0.5, 0.6) is 0 Å².